The zero-order valence-electron chi connectivity index (χ0n) is 18.5. The van der Waals surface area contributed by atoms with Gasteiger partial charge in [0.05, 0.1) is 6.61 Å². The maximum Gasteiger partial charge on any atom is 0.325 e. The first-order valence-electron chi connectivity index (χ1n) is 10.9. The Bertz CT molecular complexity index is 1080. The average molecular weight is 450 g/mol. The van der Waals surface area contributed by atoms with Crippen molar-refractivity contribution in [2.45, 2.75) is 32.2 Å². The third-order valence-corrected chi connectivity index (χ3v) is 5.85. The van der Waals surface area contributed by atoms with E-state index in [1.165, 1.54) is 0 Å². The molecule has 1 atom stereocenters. The minimum atomic E-state index is -0.921. The maximum absolute atomic E-state index is 12.6. The third-order valence-electron chi connectivity index (χ3n) is 5.85. The van der Waals surface area contributed by atoms with Crippen molar-refractivity contribution in [3.8, 4) is 5.75 Å². The van der Waals surface area contributed by atoms with Crippen molar-refractivity contribution in [2.24, 2.45) is 5.92 Å². The fourth-order valence-corrected chi connectivity index (χ4v) is 3.85. The summed E-state index contributed by atoms with van der Waals surface area (Å²) in [5, 5.41) is 8.17. The molecule has 172 valence electrons. The van der Waals surface area contributed by atoms with E-state index < -0.39 is 17.5 Å². The predicted octanol–water partition coefficient (Wildman–Crippen LogP) is 3.00. The summed E-state index contributed by atoms with van der Waals surface area (Å²) in [7, 11) is 0. The molecule has 1 saturated heterocycles. The van der Waals surface area contributed by atoms with Crippen LogP contribution in [0.25, 0.3) is 0 Å². The molecule has 0 spiro atoms. The van der Waals surface area contributed by atoms with Gasteiger partial charge in [0.1, 0.15) is 17.8 Å². The van der Waals surface area contributed by atoms with Crippen LogP contribution in [0.5, 0.6) is 5.75 Å². The van der Waals surface area contributed by atoms with Gasteiger partial charge >= 0.3 is 6.03 Å². The highest BCUT2D eigenvalue weighted by atomic mass is 16.5. The lowest BCUT2D eigenvalue weighted by atomic mass is 9.96. The van der Waals surface area contributed by atoms with Gasteiger partial charge in [-0.3, -0.25) is 19.3 Å². The molecule has 1 aliphatic heterocycles. The van der Waals surface area contributed by atoms with Crippen LogP contribution in [0.4, 0.5) is 16.2 Å². The van der Waals surface area contributed by atoms with Crippen molar-refractivity contribution in [1.82, 2.24) is 10.2 Å². The number of nitrogens with one attached hydrogen (secondary N) is 3. The Morgan fingerprint density at radius 1 is 1.03 bits per heavy atom. The van der Waals surface area contributed by atoms with Gasteiger partial charge in [0.15, 0.2) is 0 Å². The number of carbonyl (C=O) groups excluding carboxylic acids is 4. The molecule has 2 aliphatic rings. The molecule has 0 bridgehead atoms. The average Bonchev–Trinajstić information content (AvgIpc) is 3.62. The molecule has 1 saturated carbocycles. The Morgan fingerprint density at radius 3 is 2.24 bits per heavy atom. The first-order valence-corrected chi connectivity index (χ1v) is 10.9. The van der Waals surface area contributed by atoms with E-state index in [1.54, 1.807) is 55.5 Å². The van der Waals surface area contributed by atoms with Crippen LogP contribution >= 0.6 is 0 Å². The second-order valence-electron chi connectivity index (χ2n) is 8.34. The van der Waals surface area contributed by atoms with Gasteiger partial charge < -0.3 is 20.7 Å². The van der Waals surface area contributed by atoms with E-state index in [4.69, 9.17) is 4.74 Å². The molecule has 2 aromatic rings. The third kappa shape index (κ3) is 4.82. The smallest absolute Gasteiger partial charge is 0.325 e. The lowest BCUT2D eigenvalue weighted by molar-refractivity contribution is -0.134. The standard InChI is InChI=1S/C24H26N4O5/c1-3-33-19-12-10-18(11-13-19)26-21(30)15-4-8-17(9-5-15)25-20(29)14-28-22(31)24(2,16-6-7-16)27-23(28)32/h4-5,8-13,16H,3,6-7,14H2,1-2H3,(H,25,29)(H,26,30)(H,27,32)/t24-/m1/s1. The summed E-state index contributed by atoms with van der Waals surface area (Å²) in [6.07, 6.45) is 1.78. The van der Waals surface area contributed by atoms with Gasteiger partial charge in [-0.2, -0.15) is 0 Å². The summed E-state index contributed by atoms with van der Waals surface area (Å²) in [6, 6.07) is 12.8. The van der Waals surface area contributed by atoms with Crippen LogP contribution in [0.15, 0.2) is 48.5 Å². The van der Waals surface area contributed by atoms with Gasteiger partial charge in [-0.25, -0.2) is 4.79 Å². The maximum atomic E-state index is 12.6. The Hall–Kier alpha value is -3.88. The SMILES string of the molecule is CCOc1ccc(NC(=O)c2ccc(NC(=O)CN3C(=O)N[C@](C)(C4CC4)C3=O)cc2)cc1. The van der Waals surface area contributed by atoms with Crippen LogP contribution in [0.2, 0.25) is 0 Å². The number of nitrogens with zero attached hydrogens (tertiary/aromatic N) is 1. The lowest BCUT2D eigenvalue weighted by Gasteiger charge is -2.20. The Kier molecular flexibility index (Phi) is 6.04. The summed E-state index contributed by atoms with van der Waals surface area (Å²) >= 11 is 0. The van der Waals surface area contributed by atoms with Gasteiger partial charge in [-0.05, 0) is 81.1 Å². The number of ether oxygens (including phenoxy) is 1. The number of urea groups is 1. The second kappa shape index (κ2) is 8.93. The highest BCUT2D eigenvalue weighted by Gasteiger charge is 2.56. The highest BCUT2D eigenvalue weighted by molar-refractivity contribution is 6.10. The van der Waals surface area contributed by atoms with Gasteiger partial charge in [-0.1, -0.05) is 0 Å². The van der Waals surface area contributed by atoms with E-state index in [0.717, 1.165) is 23.5 Å². The minimum Gasteiger partial charge on any atom is -0.494 e. The number of hydrogen-bond acceptors (Lipinski definition) is 5. The number of carbonyl (C=O) groups is 4. The molecule has 1 heterocycles. The van der Waals surface area contributed by atoms with Crippen molar-refractivity contribution in [3.05, 3.63) is 54.1 Å². The minimum absolute atomic E-state index is 0.128. The molecular weight excluding hydrogens is 424 g/mol. The molecular formula is C24H26N4O5. The van der Waals surface area contributed by atoms with Crippen LogP contribution in [-0.4, -0.2) is 47.3 Å². The van der Waals surface area contributed by atoms with E-state index in [2.05, 4.69) is 16.0 Å². The molecule has 3 N–H and O–H groups in total. The highest BCUT2D eigenvalue weighted by Crippen LogP contribution is 2.42. The number of hydrogen-bond donors (Lipinski definition) is 3. The Morgan fingerprint density at radius 2 is 1.64 bits per heavy atom. The quantitative estimate of drug-likeness (QED) is 0.535. The summed E-state index contributed by atoms with van der Waals surface area (Å²) in [5.41, 5.74) is 0.578. The zero-order valence-corrected chi connectivity index (χ0v) is 18.5. The molecule has 5 amide bonds. The van der Waals surface area contributed by atoms with Crippen molar-refractivity contribution in [3.63, 3.8) is 0 Å². The molecule has 1 aliphatic carbocycles. The van der Waals surface area contributed by atoms with Crippen molar-refractivity contribution >= 4 is 35.1 Å². The van der Waals surface area contributed by atoms with Crippen LogP contribution in [0, 0.1) is 5.92 Å². The van der Waals surface area contributed by atoms with Gasteiger partial charge in [-0.15, -0.1) is 0 Å². The summed E-state index contributed by atoms with van der Waals surface area (Å²) in [6.45, 7) is 3.80. The van der Waals surface area contributed by atoms with E-state index in [1.807, 2.05) is 6.92 Å². The van der Waals surface area contributed by atoms with Crippen LogP contribution in [-0.2, 0) is 9.59 Å². The molecule has 0 radical (unpaired) electrons. The lowest BCUT2D eigenvalue weighted by Crippen LogP contribution is -2.46. The fourth-order valence-electron chi connectivity index (χ4n) is 3.85. The molecule has 4 rings (SSSR count). The van der Waals surface area contributed by atoms with E-state index in [-0.39, 0.29) is 24.3 Å². The predicted molar refractivity (Wildman–Crippen MR) is 122 cm³/mol. The molecule has 0 aromatic heterocycles. The van der Waals surface area contributed by atoms with E-state index in [9.17, 15) is 19.2 Å². The molecule has 2 fully saturated rings. The number of rotatable bonds is 8. The number of anilines is 2. The van der Waals surface area contributed by atoms with Gasteiger partial charge in [0.2, 0.25) is 5.91 Å². The summed E-state index contributed by atoms with van der Waals surface area (Å²) in [5.74, 6) is -0.309. The monoisotopic (exact) mass is 450 g/mol. The Labute approximate surface area is 191 Å². The number of benzene rings is 2. The second-order valence-corrected chi connectivity index (χ2v) is 8.34. The number of imide groups is 1. The summed E-state index contributed by atoms with van der Waals surface area (Å²) < 4.78 is 5.38. The molecule has 9 heteroatoms. The van der Waals surface area contributed by atoms with Crippen LogP contribution in [0.1, 0.15) is 37.0 Å². The number of amides is 5. The molecule has 33 heavy (non-hydrogen) atoms. The topological polar surface area (TPSA) is 117 Å². The molecule has 0 unspecified atom stereocenters. The Balaban J connectivity index is 1.31. The molecule has 9 nitrogen and oxygen atoms in total. The van der Waals surface area contributed by atoms with E-state index >= 15 is 0 Å². The fraction of sp³-hybridized carbons (Fsp3) is 0.333. The van der Waals surface area contributed by atoms with Crippen molar-refractivity contribution < 1.29 is 23.9 Å². The first kappa shape index (κ1) is 22.3. The van der Waals surface area contributed by atoms with Crippen LogP contribution < -0.4 is 20.7 Å². The zero-order chi connectivity index (χ0) is 23.6. The van der Waals surface area contributed by atoms with Gasteiger partial charge in [0.25, 0.3) is 11.8 Å². The molecule has 2 aromatic carbocycles. The summed E-state index contributed by atoms with van der Waals surface area (Å²) in [4.78, 5) is 50.7. The van der Waals surface area contributed by atoms with Crippen molar-refractivity contribution in [1.29, 1.82) is 0 Å². The first-order chi connectivity index (χ1) is 15.8. The normalized spacial score (nSPS) is 19.8. The van der Waals surface area contributed by atoms with Gasteiger partial charge in [0, 0.05) is 16.9 Å². The largest absolute Gasteiger partial charge is 0.494 e. The van der Waals surface area contributed by atoms with Crippen molar-refractivity contribution in [2.75, 3.05) is 23.8 Å². The van der Waals surface area contributed by atoms with Crippen LogP contribution in [0.3, 0.4) is 0 Å². The van der Waals surface area contributed by atoms with E-state index in [0.29, 0.717) is 23.5 Å².